The fourth-order valence-electron chi connectivity index (χ4n) is 5.19. The highest BCUT2D eigenvalue weighted by atomic mass is 16.5. The molecule has 0 aliphatic carbocycles. The van der Waals surface area contributed by atoms with Crippen molar-refractivity contribution in [1.82, 2.24) is 9.97 Å². The normalized spacial score (nSPS) is 17.2. The van der Waals surface area contributed by atoms with E-state index in [0.29, 0.717) is 5.82 Å². The molecule has 0 radical (unpaired) electrons. The van der Waals surface area contributed by atoms with Crippen LogP contribution in [0.4, 0.5) is 0 Å². The number of nitrogens with zero attached hydrogens (tertiary/aromatic N) is 2. The van der Waals surface area contributed by atoms with Crippen molar-refractivity contribution in [1.29, 1.82) is 0 Å². The fourth-order valence-corrected chi connectivity index (χ4v) is 5.19. The van der Waals surface area contributed by atoms with Crippen molar-refractivity contribution in [2.45, 2.75) is 103 Å². The third-order valence-corrected chi connectivity index (χ3v) is 7.52. The smallest absolute Gasteiger partial charge is 0.313 e. The van der Waals surface area contributed by atoms with Crippen LogP contribution in [0.15, 0.2) is 60.9 Å². The lowest BCUT2D eigenvalue weighted by Gasteiger charge is -2.09. The summed E-state index contributed by atoms with van der Waals surface area (Å²) in [4.78, 5) is 21.7. The maximum atomic E-state index is 12.5. The van der Waals surface area contributed by atoms with Crippen molar-refractivity contribution >= 4 is 5.97 Å². The quantitative estimate of drug-likeness (QED) is 0.165. The molecule has 2 atom stereocenters. The van der Waals surface area contributed by atoms with E-state index in [0.717, 1.165) is 47.9 Å². The van der Waals surface area contributed by atoms with Gasteiger partial charge in [0, 0.05) is 29.9 Å². The van der Waals surface area contributed by atoms with E-state index in [2.05, 4.69) is 48.1 Å². The first-order valence-corrected chi connectivity index (χ1v) is 14.4. The van der Waals surface area contributed by atoms with Crippen molar-refractivity contribution < 1.29 is 9.53 Å². The molecule has 1 fully saturated rings. The van der Waals surface area contributed by atoms with Gasteiger partial charge in [0.05, 0.1) is 5.92 Å². The van der Waals surface area contributed by atoms with Crippen molar-refractivity contribution in [3.8, 4) is 22.5 Å². The standard InChI is InChI=1S/C33H42N2O2/c1-3-5-7-9-10-12-25-14-16-26(17-15-25)29-23-34-32(35-24-29)28-20-18-27(19-21-28)31-22-30(37-33(31)36)13-11-8-6-4-2/h14-21,23-24,30-31H,3-13,22H2,1-2H3/t30-,31-/m1/s1. The second-order valence-electron chi connectivity index (χ2n) is 10.5. The van der Waals surface area contributed by atoms with E-state index in [1.165, 1.54) is 56.9 Å². The molecule has 4 nitrogen and oxygen atoms in total. The molecule has 4 heteroatoms. The zero-order valence-corrected chi connectivity index (χ0v) is 22.6. The fraction of sp³-hybridized carbons (Fsp3) is 0.485. The van der Waals surface area contributed by atoms with Gasteiger partial charge in [-0.2, -0.15) is 0 Å². The lowest BCUT2D eigenvalue weighted by atomic mass is 9.93. The molecule has 3 aromatic rings. The van der Waals surface area contributed by atoms with E-state index in [9.17, 15) is 4.79 Å². The van der Waals surface area contributed by atoms with Gasteiger partial charge >= 0.3 is 5.97 Å². The van der Waals surface area contributed by atoms with Crippen LogP contribution in [0.1, 0.15) is 102 Å². The Morgan fingerprint density at radius 1 is 0.730 bits per heavy atom. The highest BCUT2D eigenvalue weighted by Gasteiger charge is 2.35. The summed E-state index contributed by atoms with van der Waals surface area (Å²) in [6.07, 6.45) is 18.1. The van der Waals surface area contributed by atoms with Crippen molar-refractivity contribution in [3.63, 3.8) is 0 Å². The number of ether oxygens (including phenoxy) is 1. The third-order valence-electron chi connectivity index (χ3n) is 7.52. The Kier molecular flexibility index (Phi) is 10.3. The SMILES string of the molecule is CCCCCCCc1ccc(-c2cnc(-c3ccc([C@H]4C[C@@H](CCCCCC)OC4=O)cc3)nc2)cc1. The second kappa shape index (κ2) is 14.1. The summed E-state index contributed by atoms with van der Waals surface area (Å²) < 4.78 is 5.66. The third kappa shape index (κ3) is 7.74. The molecule has 0 amide bonds. The number of carbonyl (C=O) groups is 1. The van der Waals surface area contributed by atoms with Crippen LogP contribution in [-0.4, -0.2) is 22.0 Å². The van der Waals surface area contributed by atoms with Crippen molar-refractivity contribution in [3.05, 3.63) is 72.1 Å². The maximum absolute atomic E-state index is 12.5. The number of esters is 1. The monoisotopic (exact) mass is 498 g/mol. The van der Waals surface area contributed by atoms with E-state index in [1.807, 2.05) is 36.7 Å². The van der Waals surface area contributed by atoms with Gasteiger partial charge in [-0.3, -0.25) is 4.79 Å². The van der Waals surface area contributed by atoms with Crippen molar-refractivity contribution in [2.75, 3.05) is 0 Å². The predicted octanol–water partition coefficient (Wildman–Crippen LogP) is 8.69. The minimum absolute atomic E-state index is 0.0600. The average Bonchev–Trinajstić information content (AvgIpc) is 3.32. The van der Waals surface area contributed by atoms with Crippen LogP contribution in [-0.2, 0) is 16.0 Å². The van der Waals surface area contributed by atoms with Gasteiger partial charge in [0.2, 0.25) is 0 Å². The molecule has 0 saturated carbocycles. The highest BCUT2D eigenvalue weighted by Crippen LogP contribution is 2.34. The number of benzene rings is 2. The molecule has 196 valence electrons. The van der Waals surface area contributed by atoms with Gasteiger partial charge in [0.1, 0.15) is 6.10 Å². The molecule has 0 bridgehead atoms. The van der Waals surface area contributed by atoms with Crippen LogP contribution in [0.25, 0.3) is 22.5 Å². The van der Waals surface area contributed by atoms with Gasteiger partial charge in [-0.05, 0) is 42.4 Å². The summed E-state index contributed by atoms with van der Waals surface area (Å²) >= 11 is 0. The Balaban J connectivity index is 1.31. The summed E-state index contributed by atoms with van der Waals surface area (Å²) in [6.45, 7) is 4.47. The van der Waals surface area contributed by atoms with E-state index in [4.69, 9.17) is 4.74 Å². The molecule has 1 aliphatic heterocycles. The van der Waals surface area contributed by atoms with Crippen LogP contribution in [0, 0.1) is 0 Å². The first-order valence-electron chi connectivity index (χ1n) is 14.4. The molecule has 0 spiro atoms. The summed E-state index contributed by atoms with van der Waals surface area (Å²) in [5.74, 6) is 0.450. The molecule has 0 N–H and O–H groups in total. The van der Waals surface area contributed by atoms with E-state index in [1.54, 1.807) is 0 Å². The number of carbonyl (C=O) groups excluding carboxylic acids is 1. The zero-order chi connectivity index (χ0) is 25.9. The summed E-state index contributed by atoms with van der Waals surface area (Å²) in [5.41, 5.74) is 5.53. The largest absolute Gasteiger partial charge is 0.462 e. The van der Waals surface area contributed by atoms with Crippen LogP contribution in [0.2, 0.25) is 0 Å². The zero-order valence-electron chi connectivity index (χ0n) is 22.6. The second-order valence-corrected chi connectivity index (χ2v) is 10.5. The molecule has 1 saturated heterocycles. The van der Waals surface area contributed by atoms with E-state index < -0.39 is 0 Å². The van der Waals surface area contributed by atoms with Crippen molar-refractivity contribution in [2.24, 2.45) is 0 Å². The Morgan fingerprint density at radius 3 is 2.03 bits per heavy atom. The average molecular weight is 499 g/mol. The number of unbranched alkanes of at least 4 members (excludes halogenated alkanes) is 7. The Hall–Kier alpha value is -3.01. The van der Waals surface area contributed by atoms with Crippen LogP contribution < -0.4 is 0 Å². The van der Waals surface area contributed by atoms with Crippen LogP contribution in [0.3, 0.4) is 0 Å². The van der Waals surface area contributed by atoms with Gasteiger partial charge < -0.3 is 4.74 Å². The first kappa shape index (κ1) is 27.0. The Bertz CT molecular complexity index is 1090. The molecule has 2 heterocycles. The predicted molar refractivity (Wildman–Crippen MR) is 151 cm³/mol. The Morgan fingerprint density at radius 2 is 1.35 bits per heavy atom. The molecule has 1 aromatic heterocycles. The first-order chi connectivity index (χ1) is 18.2. The Labute approximate surface area is 222 Å². The number of hydrogen-bond donors (Lipinski definition) is 0. The van der Waals surface area contributed by atoms with Gasteiger partial charge in [-0.1, -0.05) is 107 Å². The lowest BCUT2D eigenvalue weighted by molar-refractivity contribution is -0.142. The summed E-state index contributed by atoms with van der Waals surface area (Å²) in [7, 11) is 0. The number of hydrogen-bond acceptors (Lipinski definition) is 4. The molecule has 37 heavy (non-hydrogen) atoms. The summed E-state index contributed by atoms with van der Waals surface area (Å²) in [6, 6.07) is 16.9. The number of rotatable bonds is 14. The van der Waals surface area contributed by atoms with Gasteiger partial charge in [0.25, 0.3) is 0 Å². The molecular weight excluding hydrogens is 456 g/mol. The van der Waals surface area contributed by atoms with Gasteiger partial charge in [-0.15, -0.1) is 0 Å². The van der Waals surface area contributed by atoms with E-state index >= 15 is 0 Å². The molecule has 1 aliphatic rings. The highest BCUT2D eigenvalue weighted by molar-refractivity contribution is 5.80. The minimum Gasteiger partial charge on any atom is -0.462 e. The minimum atomic E-state index is -0.159. The van der Waals surface area contributed by atoms with E-state index in [-0.39, 0.29) is 18.0 Å². The molecule has 0 unspecified atom stereocenters. The van der Waals surface area contributed by atoms with Gasteiger partial charge in [-0.25, -0.2) is 9.97 Å². The molecule has 2 aromatic carbocycles. The number of cyclic esters (lactones) is 1. The molecular formula is C33H42N2O2. The number of aromatic nitrogens is 2. The van der Waals surface area contributed by atoms with Crippen LogP contribution in [0.5, 0.6) is 0 Å². The topological polar surface area (TPSA) is 52.1 Å². The number of aryl methyl sites for hydroxylation is 1. The maximum Gasteiger partial charge on any atom is 0.313 e. The van der Waals surface area contributed by atoms with Crippen LogP contribution >= 0.6 is 0 Å². The summed E-state index contributed by atoms with van der Waals surface area (Å²) in [5, 5.41) is 0. The lowest BCUT2D eigenvalue weighted by Crippen LogP contribution is -2.06. The van der Waals surface area contributed by atoms with Gasteiger partial charge in [0.15, 0.2) is 5.82 Å². The molecule has 4 rings (SSSR count).